The van der Waals surface area contributed by atoms with Crippen molar-refractivity contribution in [2.75, 3.05) is 14.2 Å². The number of ether oxygens (including phenoxy) is 2. The van der Waals surface area contributed by atoms with Crippen LogP contribution in [0.3, 0.4) is 0 Å². The van der Waals surface area contributed by atoms with E-state index in [-0.39, 0.29) is 12.4 Å². The largest absolute Gasteiger partial charge is 0.444 e. The molecule has 1 aromatic carbocycles. The summed E-state index contributed by atoms with van der Waals surface area (Å²) in [7, 11) is 3.15. The second-order valence-electron chi connectivity index (χ2n) is 6.57. The second kappa shape index (κ2) is 8.33. The minimum absolute atomic E-state index is 0.129. The number of hydrogen-bond acceptors (Lipinski definition) is 6. The summed E-state index contributed by atoms with van der Waals surface area (Å²) in [5.74, 6) is -0.261. The molecule has 0 N–H and O–H groups in total. The zero-order valence-electron chi connectivity index (χ0n) is 15.8. The van der Waals surface area contributed by atoms with Crippen LogP contribution in [0.25, 0.3) is 0 Å². The van der Waals surface area contributed by atoms with E-state index in [1.165, 1.54) is 29.3 Å². The van der Waals surface area contributed by atoms with Crippen LogP contribution in [-0.2, 0) is 25.7 Å². The fourth-order valence-corrected chi connectivity index (χ4v) is 2.94. The van der Waals surface area contributed by atoms with Gasteiger partial charge in [0, 0.05) is 19.3 Å². The van der Waals surface area contributed by atoms with E-state index >= 15 is 0 Å². The molecule has 26 heavy (non-hydrogen) atoms. The third kappa shape index (κ3) is 4.62. The maximum absolute atomic E-state index is 12.7. The lowest BCUT2D eigenvalue weighted by Gasteiger charge is -2.31. The standard InChI is InChI=1S/C19H26N2O5/c1-14-17(16(22)11-12-20(4)24-5)21(19(2,3)26-14)18(23)25-13-15-9-7-6-8-10-15/h6-12,14,17H,13H2,1-5H3/b12-11+/t14-,17+/m1/s1. The van der Waals surface area contributed by atoms with Crippen molar-refractivity contribution in [3.05, 3.63) is 48.2 Å². The van der Waals surface area contributed by atoms with Gasteiger partial charge in [0.2, 0.25) is 0 Å². The zero-order chi connectivity index (χ0) is 19.3. The lowest BCUT2D eigenvalue weighted by Crippen LogP contribution is -2.51. The van der Waals surface area contributed by atoms with Crippen molar-refractivity contribution < 1.29 is 23.9 Å². The molecule has 1 amide bonds. The highest BCUT2D eigenvalue weighted by atomic mass is 16.7. The van der Waals surface area contributed by atoms with E-state index in [9.17, 15) is 9.59 Å². The predicted molar refractivity (Wildman–Crippen MR) is 95.8 cm³/mol. The number of hydroxylamine groups is 2. The number of nitrogens with zero attached hydrogens (tertiary/aromatic N) is 2. The van der Waals surface area contributed by atoms with Gasteiger partial charge in [0.15, 0.2) is 5.78 Å². The Balaban J connectivity index is 2.14. The molecule has 1 saturated heterocycles. The Morgan fingerprint density at radius 1 is 1.31 bits per heavy atom. The van der Waals surface area contributed by atoms with E-state index in [0.29, 0.717) is 0 Å². The van der Waals surface area contributed by atoms with E-state index < -0.39 is 24.0 Å². The molecule has 1 aromatic rings. The van der Waals surface area contributed by atoms with Gasteiger partial charge in [0.05, 0.1) is 13.2 Å². The molecule has 0 aliphatic carbocycles. The van der Waals surface area contributed by atoms with Gasteiger partial charge in [-0.15, -0.1) is 0 Å². The summed E-state index contributed by atoms with van der Waals surface area (Å²) in [5.41, 5.74) is -0.0783. The Morgan fingerprint density at radius 2 is 1.96 bits per heavy atom. The first-order valence-corrected chi connectivity index (χ1v) is 8.43. The second-order valence-corrected chi connectivity index (χ2v) is 6.57. The van der Waals surface area contributed by atoms with Gasteiger partial charge < -0.3 is 9.47 Å². The average Bonchev–Trinajstić information content (AvgIpc) is 2.86. The van der Waals surface area contributed by atoms with Crippen LogP contribution >= 0.6 is 0 Å². The van der Waals surface area contributed by atoms with Gasteiger partial charge in [-0.3, -0.25) is 19.6 Å². The number of rotatable bonds is 6. The number of hydrogen-bond donors (Lipinski definition) is 0. The Hall–Kier alpha value is -2.38. The van der Waals surface area contributed by atoms with Gasteiger partial charge in [0.25, 0.3) is 0 Å². The number of carbonyl (C=O) groups is 2. The summed E-state index contributed by atoms with van der Waals surface area (Å²) >= 11 is 0. The molecule has 1 aliphatic heterocycles. The first kappa shape index (κ1) is 19.9. The highest BCUT2D eigenvalue weighted by Gasteiger charge is 2.51. The van der Waals surface area contributed by atoms with E-state index in [1.807, 2.05) is 30.3 Å². The minimum Gasteiger partial charge on any atom is -0.444 e. The van der Waals surface area contributed by atoms with Crippen molar-refractivity contribution in [1.29, 1.82) is 0 Å². The molecule has 0 unspecified atom stereocenters. The van der Waals surface area contributed by atoms with Crippen LogP contribution < -0.4 is 0 Å². The summed E-state index contributed by atoms with van der Waals surface area (Å²) in [4.78, 5) is 31.7. The number of ketones is 1. The number of amides is 1. The quantitative estimate of drug-likeness (QED) is 0.573. The van der Waals surface area contributed by atoms with Crippen LogP contribution in [0.1, 0.15) is 26.3 Å². The number of benzene rings is 1. The topological polar surface area (TPSA) is 68.3 Å². The lowest BCUT2D eigenvalue weighted by molar-refractivity contribution is -0.120. The molecular weight excluding hydrogens is 336 g/mol. The highest BCUT2D eigenvalue weighted by molar-refractivity contribution is 5.97. The Morgan fingerprint density at radius 3 is 2.58 bits per heavy atom. The maximum atomic E-state index is 12.7. The Labute approximate surface area is 154 Å². The third-order valence-electron chi connectivity index (χ3n) is 4.21. The van der Waals surface area contributed by atoms with Crippen LogP contribution in [0.2, 0.25) is 0 Å². The van der Waals surface area contributed by atoms with Crippen LogP contribution in [0.4, 0.5) is 4.79 Å². The minimum atomic E-state index is -0.950. The molecule has 142 valence electrons. The highest BCUT2D eigenvalue weighted by Crippen LogP contribution is 2.33. The van der Waals surface area contributed by atoms with Crippen molar-refractivity contribution in [2.24, 2.45) is 0 Å². The van der Waals surface area contributed by atoms with Gasteiger partial charge in [-0.25, -0.2) is 4.79 Å². The molecule has 7 heteroatoms. The van der Waals surface area contributed by atoms with Crippen LogP contribution in [0.15, 0.2) is 42.6 Å². The zero-order valence-corrected chi connectivity index (χ0v) is 15.8. The molecule has 2 atom stereocenters. The van der Waals surface area contributed by atoms with Crippen molar-refractivity contribution in [3.8, 4) is 0 Å². The average molecular weight is 362 g/mol. The van der Waals surface area contributed by atoms with E-state index in [4.69, 9.17) is 14.3 Å². The molecule has 0 radical (unpaired) electrons. The third-order valence-corrected chi connectivity index (χ3v) is 4.21. The fourth-order valence-electron chi connectivity index (χ4n) is 2.94. The van der Waals surface area contributed by atoms with Crippen LogP contribution in [-0.4, -0.2) is 53.9 Å². The summed E-state index contributed by atoms with van der Waals surface area (Å²) in [6, 6.07) is 8.60. The van der Waals surface area contributed by atoms with Gasteiger partial charge in [-0.2, -0.15) is 0 Å². The SMILES string of the molecule is CON(C)/C=C/C(=O)[C@@H]1[C@@H](C)OC(C)(C)N1C(=O)OCc1ccccc1. The molecule has 7 nitrogen and oxygen atoms in total. The van der Waals surface area contributed by atoms with Gasteiger partial charge in [-0.05, 0) is 26.3 Å². The summed E-state index contributed by atoms with van der Waals surface area (Å²) < 4.78 is 11.2. The molecule has 1 heterocycles. The molecule has 2 rings (SSSR count). The van der Waals surface area contributed by atoms with Gasteiger partial charge >= 0.3 is 6.09 Å². The predicted octanol–water partition coefficient (Wildman–Crippen LogP) is 2.72. The Bertz CT molecular complexity index is 659. The first-order valence-electron chi connectivity index (χ1n) is 8.43. The van der Waals surface area contributed by atoms with Crippen molar-refractivity contribution >= 4 is 11.9 Å². The van der Waals surface area contributed by atoms with E-state index in [0.717, 1.165) is 5.56 Å². The summed E-state index contributed by atoms with van der Waals surface area (Å²) in [5, 5.41) is 1.39. The fraction of sp³-hybridized carbons (Fsp3) is 0.474. The number of carbonyl (C=O) groups excluding carboxylic acids is 2. The van der Waals surface area contributed by atoms with Crippen LogP contribution in [0, 0.1) is 0 Å². The molecule has 0 bridgehead atoms. The lowest BCUT2D eigenvalue weighted by atomic mass is 10.1. The molecule has 0 spiro atoms. The van der Waals surface area contributed by atoms with Crippen molar-refractivity contribution in [1.82, 2.24) is 9.96 Å². The van der Waals surface area contributed by atoms with Gasteiger partial charge in [0.1, 0.15) is 18.4 Å². The van der Waals surface area contributed by atoms with Crippen LogP contribution in [0.5, 0.6) is 0 Å². The monoisotopic (exact) mass is 362 g/mol. The van der Waals surface area contributed by atoms with Gasteiger partial charge in [-0.1, -0.05) is 30.3 Å². The van der Waals surface area contributed by atoms with Crippen molar-refractivity contribution in [2.45, 2.75) is 45.2 Å². The Kier molecular flexibility index (Phi) is 6.39. The maximum Gasteiger partial charge on any atom is 0.413 e. The van der Waals surface area contributed by atoms with Crippen molar-refractivity contribution in [3.63, 3.8) is 0 Å². The molecular formula is C19H26N2O5. The van der Waals surface area contributed by atoms with E-state index in [1.54, 1.807) is 27.8 Å². The molecule has 0 saturated carbocycles. The van der Waals surface area contributed by atoms with E-state index in [2.05, 4.69) is 0 Å². The molecule has 1 aliphatic rings. The summed E-state index contributed by atoms with van der Waals surface area (Å²) in [6.45, 7) is 5.38. The smallest absolute Gasteiger partial charge is 0.413 e. The summed E-state index contributed by atoms with van der Waals surface area (Å²) in [6.07, 6.45) is 1.81. The molecule has 0 aromatic heterocycles. The normalized spacial score (nSPS) is 21.8. The molecule has 1 fully saturated rings. The first-order chi connectivity index (χ1) is 12.3.